The zero-order valence-electron chi connectivity index (χ0n) is 14.4. The van der Waals surface area contributed by atoms with Gasteiger partial charge in [0.05, 0.1) is 5.69 Å². The number of anilines is 1. The van der Waals surface area contributed by atoms with Gasteiger partial charge in [-0.05, 0) is 32.4 Å². The first-order valence-electron chi connectivity index (χ1n) is 7.98. The molecule has 0 bridgehead atoms. The molecule has 3 rings (SSSR count). The Morgan fingerprint density at radius 1 is 1.29 bits per heavy atom. The van der Waals surface area contributed by atoms with E-state index < -0.39 is 10.0 Å². The van der Waals surface area contributed by atoms with Crippen molar-refractivity contribution in [2.24, 2.45) is 7.05 Å². The van der Waals surface area contributed by atoms with Crippen molar-refractivity contribution in [1.82, 2.24) is 19.1 Å². The van der Waals surface area contributed by atoms with Crippen LogP contribution in [0.1, 0.15) is 29.4 Å². The summed E-state index contributed by atoms with van der Waals surface area (Å²) in [6, 6.07) is 3.98. The second-order valence-corrected chi connectivity index (χ2v) is 8.18. The minimum atomic E-state index is -3.51. The fourth-order valence-electron chi connectivity index (χ4n) is 3.21. The molecule has 3 heterocycles. The number of nitrogens with one attached hydrogen (secondary N) is 1. The predicted molar refractivity (Wildman–Crippen MR) is 92.6 cm³/mol. The molecule has 0 aliphatic carbocycles. The molecule has 1 atom stereocenters. The fraction of sp³-hybridized carbons (Fsp3) is 0.500. The maximum absolute atomic E-state index is 12.9. The van der Waals surface area contributed by atoms with Gasteiger partial charge in [-0.15, -0.1) is 0 Å². The third-order valence-corrected chi connectivity index (χ3v) is 6.39. The predicted octanol–water partition coefficient (Wildman–Crippen LogP) is 1.65. The standard InChI is InChI=1S/C16H23N5O2S/c1-11-7-14(17-3)8-15(18-11)13-5-6-21(9-13)24(22,23)16-10-20(4)19-12(16)2/h7-8,10,13H,5-6,9H2,1-4H3,(H,17,18)/t13-/m1/s1. The van der Waals surface area contributed by atoms with Crippen LogP contribution in [-0.4, -0.2) is 47.6 Å². The average Bonchev–Trinajstić information content (AvgIpc) is 3.14. The van der Waals surface area contributed by atoms with Crippen molar-refractivity contribution in [3.05, 3.63) is 35.4 Å². The molecule has 1 N–H and O–H groups in total. The second kappa shape index (κ2) is 6.18. The lowest BCUT2D eigenvalue weighted by molar-refractivity contribution is 0.471. The molecule has 0 amide bonds. The van der Waals surface area contributed by atoms with Crippen LogP contribution in [0.15, 0.2) is 23.2 Å². The van der Waals surface area contributed by atoms with Gasteiger partial charge in [0, 0.05) is 56.4 Å². The van der Waals surface area contributed by atoms with Crippen LogP contribution in [0.3, 0.4) is 0 Å². The molecule has 0 aromatic carbocycles. The number of rotatable bonds is 4. The van der Waals surface area contributed by atoms with Crippen LogP contribution < -0.4 is 5.32 Å². The Kier molecular flexibility index (Phi) is 4.35. The summed E-state index contributed by atoms with van der Waals surface area (Å²) in [4.78, 5) is 4.89. The number of sulfonamides is 1. The number of nitrogens with zero attached hydrogens (tertiary/aromatic N) is 4. The van der Waals surface area contributed by atoms with Crippen LogP contribution in [0, 0.1) is 13.8 Å². The monoisotopic (exact) mass is 349 g/mol. The van der Waals surface area contributed by atoms with Gasteiger partial charge in [0.2, 0.25) is 10.0 Å². The molecule has 0 radical (unpaired) electrons. The zero-order valence-corrected chi connectivity index (χ0v) is 15.3. The Balaban J connectivity index is 1.85. The van der Waals surface area contributed by atoms with E-state index in [0.717, 1.165) is 23.5 Å². The van der Waals surface area contributed by atoms with Crippen molar-refractivity contribution in [3.63, 3.8) is 0 Å². The Morgan fingerprint density at radius 3 is 2.67 bits per heavy atom. The van der Waals surface area contributed by atoms with Gasteiger partial charge in [0.25, 0.3) is 0 Å². The summed E-state index contributed by atoms with van der Waals surface area (Å²) < 4.78 is 28.8. The molecule has 7 nitrogen and oxygen atoms in total. The number of aryl methyl sites for hydroxylation is 3. The summed E-state index contributed by atoms with van der Waals surface area (Å²) >= 11 is 0. The van der Waals surface area contributed by atoms with Gasteiger partial charge in [-0.3, -0.25) is 9.67 Å². The average molecular weight is 349 g/mol. The maximum Gasteiger partial charge on any atom is 0.246 e. The first-order chi connectivity index (χ1) is 11.3. The molecule has 1 aliphatic rings. The Morgan fingerprint density at radius 2 is 2.04 bits per heavy atom. The molecule has 2 aromatic heterocycles. The van der Waals surface area contributed by atoms with Gasteiger partial charge in [-0.2, -0.15) is 9.40 Å². The highest BCUT2D eigenvalue weighted by Crippen LogP contribution is 2.32. The summed E-state index contributed by atoms with van der Waals surface area (Å²) in [6.45, 7) is 4.64. The van der Waals surface area contributed by atoms with Crippen LogP contribution >= 0.6 is 0 Å². The molecule has 24 heavy (non-hydrogen) atoms. The van der Waals surface area contributed by atoms with Gasteiger partial charge in [-0.25, -0.2) is 8.42 Å². The summed E-state index contributed by atoms with van der Waals surface area (Å²) in [7, 11) is 0.0924. The molecule has 1 aliphatic heterocycles. The molecular weight excluding hydrogens is 326 g/mol. The van der Waals surface area contributed by atoms with E-state index in [-0.39, 0.29) is 5.92 Å². The molecule has 1 saturated heterocycles. The summed E-state index contributed by atoms with van der Waals surface area (Å²) in [5.74, 6) is 0.115. The molecule has 8 heteroatoms. The highest BCUT2D eigenvalue weighted by Gasteiger charge is 2.35. The molecular formula is C16H23N5O2S. The number of aromatic nitrogens is 3. The summed E-state index contributed by atoms with van der Waals surface area (Å²) in [5, 5.41) is 7.28. The number of hydrogen-bond acceptors (Lipinski definition) is 5. The van der Waals surface area contributed by atoms with E-state index in [2.05, 4.69) is 15.4 Å². The largest absolute Gasteiger partial charge is 0.388 e. The molecule has 0 spiro atoms. The van der Waals surface area contributed by atoms with E-state index in [0.29, 0.717) is 23.7 Å². The third-order valence-electron chi connectivity index (χ3n) is 4.42. The third kappa shape index (κ3) is 3.03. The van der Waals surface area contributed by atoms with Crippen molar-refractivity contribution in [2.75, 3.05) is 25.5 Å². The first-order valence-corrected chi connectivity index (χ1v) is 9.42. The lowest BCUT2D eigenvalue weighted by Crippen LogP contribution is -2.29. The van der Waals surface area contributed by atoms with Gasteiger partial charge >= 0.3 is 0 Å². The molecule has 130 valence electrons. The highest BCUT2D eigenvalue weighted by molar-refractivity contribution is 7.89. The van der Waals surface area contributed by atoms with E-state index in [4.69, 9.17) is 0 Å². The van der Waals surface area contributed by atoms with Gasteiger partial charge < -0.3 is 5.32 Å². The normalized spacial score (nSPS) is 18.9. The maximum atomic E-state index is 12.9. The summed E-state index contributed by atoms with van der Waals surface area (Å²) in [6.07, 6.45) is 2.35. The van der Waals surface area contributed by atoms with E-state index in [1.165, 1.54) is 4.68 Å². The lowest BCUT2D eigenvalue weighted by Gasteiger charge is -2.16. The minimum absolute atomic E-state index is 0.115. The van der Waals surface area contributed by atoms with Crippen LogP contribution in [0.2, 0.25) is 0 Å². The molecule has 1 fully saturated rings. The van der Waals surface area contributed by atoms with Crippen molar-refractivity contribution in [1.29, 1.82) is 0 Å². The van der Waals surface area contributed by atoms with Gasteiger partial charge in [0.1, 0.15) is 4.90 Å². The Hall–Kier alpha value is -1.93. The number of pyridine rings is 1. The summed E-state index contributed by atoms with van der Waals surface area (Å²) in [5.41, 5.74) is 3.41. The van der Waals surface area contributed by atoms with Crippen molar-refractivity contribution >= 4 is 15.7 Å². The quantitative estimate of drug-likeness (QED) is 0.908. The van der Waals surface area contributed by atoms with E-state index in [1.807, 2.05) is 26.1 Å². The van der Waals surface area contributed by atoms with Crippen LogP contribution in [-0.2, 0) is 17.1 Å². The Labute approximate surface area is 142 Å². The highest BCUT2D eigenvalue weighted by atomic mass is 32.2. The van der Waals surface area contributed by atoms with Crippen molar-refractivity contribution in [3.8, 4) is 0 Å². The minimum Gasteiger partial charge on any atom is -0.388 e. The smallest absolute Gasteiger partial charge is 0.246 e. The van der Waals surface area contributed by atoms with E-state index in [1.54, 1.807) is 24.5 Å². The van der Waals surface area contributed by atoms with Crippen molar-refractivity contribution in [2.45, 2.75) is 31.1 Å². The molecule has 0 unspecified atom stereocenters. The Bertz CT molecular complexity index is 859. The SMILES string of the molecule is CNc1cc(C)nc([C@@H]2CCN(S(=O)(=O)c3cn(C)nc3C)C2)c1. The van der Waals surface area contributed by atoms with Crippen molar-refractivity contribution < 1.29 is 8.42 Å². The zero-order chi connectivity index (χ0) is 17.5. The fourth-order valence-corrected chi connectivity index (χ4v) is 4.91. The van der Waals surface area contributed by atoms with Crippen LogP contribution in [0.4, 0.5) is 5.69 Å². The van der Waals surface area contributed by atoms with E-state index >= 15 is 0 Å². The first kappa shape index (κ1) is 16.9. The topological polar surface area (TPSA) is 80.1 Å². The van der Waals surface area contributed by atoms with E-state index in [9.17, 15) is 8.42 Å². The van der Waals surface area contributed by atoms with Crippen LogP contribution in [0.5, 0.6) is 0 Å². The lowest BCUT2D eigenvalue weighted by atomic mass is 10.0. The van der Waals surface area contributed by atoms with Gasteiger partial charge in [-0.1, -0.05) is 0 Å². The molecule has 0 saturated carbocycles. The number of hydrogen-bond donors (Lipinski definition) is 1. The molecule has 2 aromatic rings. The van der Waals surface area contributed by atoms with Crippen LogP contribution in [0.25, 0.3) is 0 Å². The van der Waals surface area contributed by atoms with Gasteiger partial charge in [0.15, 0.2) is 0 Å². The second-order valence-electron chi connectivity index (χ2n) is 6.27.